The molecule has 1 aromatic rings. The molecule has 1 aromatic carbocycles. The zero-order valence-electron chi connectivity index (χ0n) is 8.58. The van der Waals surface area contributed by atoms with Crippen molar-refractivity contribution in [1.29, 1.82) is 0 Å². The molecule has 0 radical (unpaired) electrons. The lowest BCUT2D eigenvalue weighted by atomic mass is 9.95. The Kier molecular flexibility index (Phi) is 2.45. The summed E-state index contributed by atoms with van der Waals surface area (Å²) in [6, 6.07) is 7.22. The summed E-state index contributed by atoms with van der Waals surface area (Å²) in [5.74, 6) is 0. The van der Waals surface area contributed by atoms with Gasteiger partial charge < -0.3 is 9.64 Å². The van der Waals surface area contributed by atoms with E-state index in [4.69, 9.17) is 4.74 Å². The lowest BCUT2D eigenvalue weighted by Gasteiger charge is -2.41. The Labute approximate surface area is 98.4 Å². The first-order chi connectivity index (χ1) is 7.34. The number of hydrogen-bond donors (Lipinski definition) is 0. The molecule has 2 nitrogen and oxygen atoms in total. The van der Waals surface area contributed by atoms with Crippen LogP contribution >= 0.6 is 15.9 Å². The van der Waals surface area contributed by atoms with Gasteiger partial charge in [-0.05, 0) is 30.5 Å². The molecule has 1 atom stereocenters. The Balaban J connectivity index is 2.01. The topological polar surface area (TPSA) is 12.5 Å². The number of aryl methyl sites for hydroxylation is 1. The molecule has 15 heavy (non-hydrogen) atoms. The summed E-state index contributed by atoms with van der Waals surface area (Å²) in [4.78, 5) is 2.51. The molecule has 0 spiro atoms. The van der Waals surface area contributed by atoms with E-state index < -0.39 is 0 Å². The molecule has 3 heteroatoms. The molecule has 1 fully saturated rings. The largest absolute Gasteiger partial charge is 0.377 e. The molecule has 0 aromatic heterocycles. The number of hydrogen-bond acceptors (Lipinski definition) is 2. The Hall–Kier alpha value is -0.540. The number of rotatable bonds is 0. The van der Waals surface area contributed by atoms with Gasteiger partial charge in [0.2, 0.25) is 0 Å². The summed E-state index contributed by atoms with van der Waals surface area (Å²) in [7, 11) is 0. The van der Waals surface area contributed by atoms with Crippen molar-refractivity contribution in [2.45, 2.75) is 18.9 Å². The van der Waals surface area contributed by atoms with E-state index in [9.17, 15) is 0 Å². The van der Waals surface area contributed by atoms with Crippen LogP contribution in [0.4, 0.5) is 5.69 Å². The summed E-state index contributed by atoms with van der Waals surface area (Å²) in [6.07, 6.45) is 2.42. The highest BCUT2D eigenvalue weighted by Crippen LogP contribution is 2.34. The van der Waals surface area contributed by atoms with Crippen LogP contribution in [0, 0.1) is 0 Å². The first kappa shape index (κ1) is 9.67. The van der Waals surface area contributed by atoms with Gasteiger partial charge in [0, 0.05) is 16.7 Å². The Morgan fingerprint density at radius 2 is 2.33 bits per heavy atom. The number of halogens is 1. The minimum Gasteiger partial charge on any atom is -0.377 e. The van der Waals surface area contributed by atoms with Gasteiger partial charge >= 0.3 is 0 Å². The number of benzene rings is 1. The summed E-state index contributed by atoms with van der Waals surface area (Å²) in [5.41, 5.74) is 2.89. The van der Waals surface area contributed by atoms with Crippen LogP contribution in [-0.2, 0) is 11.2 Å². The van der Waals surface area contributed by atoms with Crippen LogP contribution in [0.15, 0.2) is 22.7 Å². The third kappa shape index (κ3) is 1.68. The zero-order chi connectivity index (χ0) is 10.3. The van der Waals surface area contributed by atoms with Crippen LogP contribution in [0.2, 0.25) is 0 Å². The Morgan fingerprint density at radius 1 is 1.40 bits per heavy atom. The van der Waals surface area contributed by atoms with Crippen LogP contribution in [0.25, 0.3) is 0 Å². The van der Waals surface area contributed by atoms with Gasteiger partial charge in [0.15, 0.2) is 0 Å². The van der Waals surface area contributed by atoms with Gasteiger partial charge in [0.05, 0.1) is 19.3 Å². The monoisotopic (exact) mass is 267 g/mol. The third-order valence-electron chi connectivity index (χ3n) is 3.33. The van der Waals surface area contributed by atoms with Crippen molar-refractivity contribution in [3.05, 3.63) is 28.2 Å². The van der Waals surface area contributed by atoms with Crippen LogP contribution < -0.4 is 4.90 Å². The number of nitrogens with zero attached hydrogens (tertiary/aromatic N) is 1. The molecule has 0 N–H and O–H groups in total. The third-order valence-corrected chi connectivity index (χ3v) is 3.82. The molecular formula is C12H14BrNO. The van der Waals surface area contributed by atoms with Gasteiger partial charge in [-0.1, -0.05) is 22.0 Å². The molecule has 1 unspecified atom stereocenters. The van der Waals surface area contributed by atoms with Crippen molar-refractivity contribution in [2.24, 2.45) is 0 Å². The molecule has 0 bridgehead atoms. The fraction of sp³-hybridized carbons (Fsp3) is 0.500. The van der Waals surface area contributed by atoms with E-state index >= 15 is 0 Å². The summed E-state index contributed by atoms with van der Waals surface area (Å²) in [6.45, 7) is 2.79. The highest BCUT2D eigenvalue weighted by Gasteiger charge is 2.28. The summed E-state index contributed by atoms with van der Waals surface area (Å²) in [5, 5.41) is 0. The second-order valence-electron chi connectivity index (χ2n) is 4.23. The number of ether oxygens (including phenoxy) is 1. The van der Waals surface area contributed by atoms with Crippen LogP contribution in [0.3, 0.4) is 0 Å². The fourth-order valence-corrected chi connectivity index (χ4v) is 2.90. The molecule has 0 amide bonds. The molecule has 0 aliphatic carbocycles. The van der Waals surface area contributed by atoms with Gasteiger partial charge in [-0.15, -0.1) is 0 Å². The van der Waals surface area contributed by atoms with E-state index in [2.05, 4.69) is 39.0 Å². The molecule has 1 saturated heterocycles. The van der Waals surface area contributed by atoms with E-state index in [1.54, 1.807) is 0 Å². The average Bonchev–Trinajstić information content (AvgIpc) is 2.29. The molecule has 80 valence electrons. The van der Waals surface area contributed by atoms with Crippen LogP contribution in [-0.4, -0.2) is 25.8 Å². The van der Waals surface area contributed by atoms with Crippen molar-refractivity contribution < 1.29 is 4.74 Å². The van der Waals surface area contributed by atoms with Crippen LogP contribution in [0.5, 0.6) is 0 Å². The highest BCUT2D eigenvalue weighted by atomic mass is 79.9. The lowest BCUT2D eigenvalue weighted by Crippen LogP contribution is -2.48. The van der Waals surface area contributed by atoms with Crippen molar-refractivity contribution in [3.8, 4) is 0 Å². The second kappa shape index (κ2) is 3.80. The first-order valence-corrected chi connectivity index (χ1v) is 6.27. The quantitative estimate of drug-likeness (QED) is 0.717. The fourth-order valence-electron chi connectivity index (χ4n) is 2.55. The molecule has 2 heterocycles. The minimum atomic E-state index is 0.598. The number of morpholine rings is 1. The summed E-state index contributed by atoms with van der Waals surface area (Å²) < 4.78 is 6.71. The van der Waals surface area contributed by atoms with Crippen molar-refractivity contribution in [3.63, 3.8) is 0 Å². The molecular weight excluding hydrogens is 254 g/mol. The van der Waals surface area contributed by atoms with Crippen molar-refractivity contribution in [2.75, 3.05) is 24.7 Å². The maximum absolute atomic E-state index is 5.53. The number of fused-ring (bicyclic) bond motifs is 3. The first-order valence-electron chi connectivity index (χ1n) is 5.47. The lowest BCUT2D eigenvalue weighted by molar-refractivity contribution is 0.0896. The van der Waals surface area contributed by atoms with Crippen molar-refractivity contribution >= 4 is 21.6 Å². The normalized spacial score (nSPS) is 24.6. The standard InChI is InChI=1S/C12H14BrNO/c13-10-3-1-9-2-4-11-8-15-6-5-14(11)12(9)7-10/h1,3,7,11H,2,4-6,8H2. The van der Waals surface area contributed by atoms with E-state index in [1.165, 1.54) is 28.6 Å². The molecule has 2 aliphatic heterocycles. The predicted octanol–water partition coefficient (Wildman–Crippen LogP) is 2.60. The van der Waals surface area contributed by atoms with Gasteiger partial charge in [0.1, 0.15) is 0 Å². The molecule has 3 rings (SSSR count). The number of anilines is 1. The molecule has 2 aliphatic rings. The Morgan fingerprint density at radius 3 is 3.27 bits per heavy atom. The highest BCUT2D eigenvalue weighted by molar-refractivity contribution is 9.10. The minimum absolute atomic E-state index is 0.598. The Bertz CT molecular complexity index is 380. The van der Waals surface area contributed by atoms with Gasteiger partial charge in [0.25, 0.3) is 0 Å². The van der Waals surface area contributed by atoms with E-state index in [-0.39, 0.29) is 0 Å². The van der Waals surface area contributed by atoms with Crippen molar-refractivity contribution in [1.82, 2.24) is 0 Å². The van der Waals surface area contributed by atoms with Gasteiger partial charge in [-0.3, -0.25) is 0 Å². The maximum Gasteiger partial charge on any atom is 0.0671 e. The van der Waals surface area contributed by atoms with E-state index in [1.807, 2.05) is 0 Å². The smallest absolute Gasteiger partial charge is 0.0671 e. The summed E-state index contributed by atoms with van der Waals surface area (Å²) >= 11 is 3.55. The van der Waals surface area contributed by atoms with Gasteiger partial charge in [-0.2, -0.15) is 0 Å². The second-order valence-corrected chi connectivity index (χ2v) is 5.15. The molecule has 0 saturated carbocycles. The van der Waals surface area contributed by atoms with E-state index in [0.717, 1.165) is 19.8 Å². The zero-order valence-corrected chi connectivity index (χ0v) is 10.2. The predicted molar refractivity (Wildman–Crippen MR) is 64.4 cm³/mol. The maximum atomic E-state index is 5.53. The van der Waals surface area contributed by atoms with Gasteiger partial charge in [-0.25, -0.2) is 0 Å². The SMILES string of the molecule is Brc1ccc2c(c1)N1CCOCC1CC2. The average molecular weight is 268 g/mol. The van der Waals surface area contributed by atoms with Crippen LogP contribution in [0.1, 0.15) is 12.0 Å². The van der Waals surface area contributed by atoms with E-state index in [0.29, 0.717) is 6.04 Å².